The predicted molar refractivity (Wildman–Crippen MR) is 172 cm³/mol. The van der Waals surface area contributed by atoms with Crippen LogP contribution in [0, 0.1) is 0 Å². The molecule has 0 radical (unpaired) electrons. The first-order valence-electron chi connectivity index (χ1n) is 14.5. The van der Waals surface area contributed by atoms with Gasteiger partial charge < -0.3 is 29.4 Å². The average molecular weight is 612 g/mol. The molecule has 44 heavy (non-hydrogen) atoms. The fourth-order valence-electron chi connectivity index (χ4n) is 5.07. The van der Waals surface area contributed by atoms with Crippen LogP contribution in [0.2, 0.25) is 0 Å². The number of amides is 1. The van der Waals surface area contributed by atoms with Crippen LogP contribution in [0.5, 0.6) is 5.75 Å². The summed E-state index contributed by atoms with van der Waals surface area (Å²) in [5, 5.41) is 12.3. The van der Waals surface area contributed by atoms with Gasteiger partial charge in [-0.15, -0.1) is 11.8 Å². The maximum atomic E-state index is 12.0. The number of ether oxygens (including phenoxy) is 4. The number of hydrogen-bond acceptors (Lipinski definition) is 7. The monoisotopic (exact) mass is 611 g/mol. The zero-order chi connectivity index (χ0) is 30.7. The van der Waals surface area contributed by atoms with E-state index in [1.165, 1.54) is 6.08 Å². The lowest BCUT2D eigenvalue weighted by molar-refractivity contribution is -0.245. The van der Waals surface area contributed by atoms with E-state index in [4.69, 9.17) is 18.9 Å². The number of nitrogens with one attached hydrogen (secondary N) is 1. The minimum Gasteiger partial charge on any atom is -0.496 e. The zero-order valence-electron chi connectivity index (χ0n) is 24.7. The predicted octanol–water partition coefficient (Wildman–Crippen LogP) is 7.60. The molecule has 1 fully saturated rings. The molecule has 0 saturated carbocycles. The molecule has 4 aromatic rings. The van der Waals surface area contributed by atoms with E-state index < -0.39 is 12.4 Å². The number of carbonyl (C=O) groups is 1. The van der Waals surface area contributed by atoms with Crippen LogP contribution in [0.3, 0.4) is 0 Å². The molecule has 8 heteroatoms. The van der Waals surface area contributed by atoms with Crippen molar-refractivity contribution in [3.63, 3.8) is 0 Å². The number of methoxy groups -OCH3 is 1. The molecule has 228 valence electrons. The lowest BCUT2D eigenvalue weighted by Gasteiger charge is -2.36. The highest BCUT2D eigenvalue weighted by Gasteiger charge is 2.32. The summed E-state index contributed by atoms with van der Waals surface area (Å²) in [6.45, 7) is 4.07. The lowest BCUT2D eigenvalue weighted by Crippen LogP contribution is -2.31. The van der Waals surface area contributed by atoms with Crippen molar-refractivity contribution in [2.45, 2.75) is 43.0 Å². The van der Waals surface area contributed by atoms with E-state index in [2.05, 4.69) is 30.1 Å². The Bertz CT molecular complexity index is 1520. The number of thioether (sulfide) groups is 1. The summed E-state index contributed by atoms with van der Waals surface area (Å²) in [4.78, 5) is 13.0. The number of para-hydroxylation sites is 1. The molecule has 1 heterocycles. The van der Waals surface area contributed by atoms with Crippen LogP contribution in [0.1, 0.15) is 41.1 Å². The maximum absolute atomic E-state index is 12.0. The second-order valence-electron chi connectivity index (χ2n) is 10.3. The van der Waals surface area contributed by atoms with Gasteiger partial charge in [-0.05, 0) is 39.9 Å². The number of aliphatic hydroxyl groups is 1. The van der Waals surface area contributed by atoms with Crippen LogP contribution < -0.4 is 10.1 Å². The minimum absolute atomic E-state index is 0.000645. The molecule has 0 spiro atoms. The minimum atomic E-state index is -0.555. The maximum Gasteiger partial charge on any atom is 0.407 e. The van der Waals surface area contributed by atoms with Crippen molar-refractivity contribution in [3.8, 4) is 16.9 Å². The van der Waals surface area contributed by atoms with Gasteiger partial charge >= 0.3 is 6.09 Å². The van der Waals surface area contributed by atoms with Crippen LogP contribution in [0.15, 0.2) is 115 Å². The highest BCUT2D eigenvalue weighted by atomic mass is 32.2. The van der Waals surface area contributed by atoms with E-state index in [0.29, 0.717) is 13.0 Å². The Morgan fingerprint density at radius 3 is 2.45 bits per heavy atom. The van der Waals surface area contributed by atoms with E-state index in [1.807, 2.05) is 78.9 Å². The van der Waals surface area contributed by atoms with E-state index in [9.17, 15) is 9.90 Å². The van der Waals surface area contributed by atoms with Crippen LogP contribution in [-0.2, 0) is 27.4 Å². The third kappa shape index (κ3) is 8.09. The van der Waals surface area contributed by atoms with E-state index in [-0.39, 0.29) is 25.4 Å². The summed E-state index contributed by atoms with van der Waals surface area (Å²) in [7, 11) is 1.68. The Labute approximate surface area is 262 Å². The SMILES string of the molecule is C=CCOC(=O)NCc1ccccc1-c1ccc([C@H]2O[C@@H](CSc3ccccc3OC)C[C@@H](c3ccc(CO)cc3)O2)cc1. The standard InChI is InChI=1S/C36H37NO6S/c1-3-20-41-36(39)37-22-29-8-4-5-9-31(29)26-16-18-28(19-17-26)35-42-30(24-44-34-11-7-6-10-32(34)40-2)21-33(43-35)27-14-12-25(23-38)13-15-27/h3-19,30,33,35,38H,1,20-24H2,2H3,(H,37,39)/t30-,33+,35+/m1/s1. The number of carbonyl (C=O) groups excluding carboxylic acids is 1. The van der Waals surface area contributed by atoms with Gasteiger partial charge in [0.05, 0.1) is 25.9 Å². The fourth-order valence-corrected chi connectivity index (χ4v) is 6.12. The van der Waals surface area contributed by atoms with Gasteiger partial charge in [0, 0.05) is 29.2 Å². The Hall–Kier alpha value is -4.08. The fraction of sp³-hybridized carbons (Fsp3) is 0.250. The van der Waals surface area contributed by atoms with Crippen molar-refractivity contribution in [1.29, 1.82) is 0 Å². The van der Waals surface area contributed by atoms with Crippen molar-refractivity contribution in [2.24, 2.45) is 0 Å². The number of benzene rings is 4. The van der Waals surface area contributed by atoms with Crippen molar-refractivity contribution in [2.75, 3.05) is 19.5 Å². The first-order chi connectivity index (χ1) is 21.6. The molecule has 7 nitrogen and oxygen atoms in total. The van der Waals surface area contributed by atoms with E-state index >= 15 is 0 Å². The molecule has 0 unspecified atom stereocenters. The lowest BCUT2D eigenvalue weighted by atomic mass is 9.98. The number of hydrogen-bond donors (Lipinski definition) is 2. The summed E-state index contributed by atoms with van der Waals surface area (Å²) in [6, 6.07) is 32.0. The quantitative estimate of drug-likeness (QED) is 0.126. The summed E-state index contributed by atoms with van der Waals surface area (Å²) in [6.07, 6.45) is 0.951. The Kier molecular flexibility index (Phi) is 11.1. The molecule has 1 amide bonds. The number of alkyl carbamates (subject to hydrolysis) is 1. The Morgan fingerprint density at radius 2 is 1.70 bits per heavy atom. The van der Waals surface area contributed by atoms with Crippen molar-refractivity contribution < 1.29 is 28.8 Å². The summed E-state index contributed by atoms with van der Waals surface area (Å²) in [5.74, 6) is 1.58. The normalized spacial score (nSPS) is 17.9. The Balaban J connectivity index is 1.33. The zero-order valence-corrected chi connectivity index (χ0v) is 25.5. The molecule has 0 aliphatic carbocycles. The molecule has 4 aromatic carbocycles. The molecule has 3 atom stereocenters. The van der Waals surface area contributed by atoms with Crippen molar-refractivity contribution in [1.82, 2.24) is 5.32 Å². The van der Waals surface area contributed by atoms with Crippen LogP contribution in [-0.4, -0.2) is 36.8 Å². The second-order valence-corrected chi connectivity index (χ2v) is 11.4. The summed E-state index contributed by atoms with van der Waals surface area (Å²) >= 11 is 1.71. The highest BCUT2D eigenvalue weighted by Crippen LogP contribution is 2.41. The molecule has 2 N–H and O–H groups in total. The summed E-state index contributed by atoms with van der Waals surface area (Å²) < 4.78 is 23.7. The summed E-state index contributed by atoms with van der Waals surface area (Å²) in [5.41, 5.74) is 5.83. The molecule has 1 aliphatic heterocycles. The molecule has 0 aromatic heterocycles. The molecule has 1 saturated heterocycles. The van der Waals surface area contributed by atoms with E-state index in [1.54, 1.807) is 18.9 Å². The molecular weight excluding hydrogens is 574 g/mol. The van der Waals surface area contributed by atoms with Crippen LogP contribution in [0.4, 0.5) is 4.79 Å². The molecule has 5 rings (SSSR count). The van der Waals surface area contributed by atoms with Gasteiger partial charge in [-0.3, -0.25) is 0 Å². The van der Waals surface area contributed by atoms with Gasteiger partial charge in [-0.25, -0.2) is 4.79 Å². The molecule has 0 bridgehead atoms. The first kappa shape index (κ1) is 31.3. The van der Waals surface area contributed by atoms with Crippen molar-refractivity contribution >= 4 is 17.9 Å². The molecular formula is C36H37NO6S. The third-order valence-corrected chi connectivity index (χ3v) is 8.56. The third-order valence-electron chi connectivity index (χ3n) is 7.38. The van der Waals surface area contributed by atoms with Crippen LogP contribution in [0.25, 0.3) is 11.1 Å². The van der Waals surface area contributed by atoms with Gasteiger partial charge in [-0.2, -0.15) is 0 Å². The second kappa shape index (κ2) is 15.6. The Morgan fingerprint density at radius 1 is 0.977 bits per heavy atom. The van der Waals surface area contributed by atoms with Gasteiger partial charge in [-0.1, -0.05) is 97.6 Å². The van der Waals surface area contributed by atoms with Crippen LogP contribution >= 0.6 is 11.8 Å². The first-order valence-corrected chi connectivity index (χ1v) is 15.5. The van der Waals surface area contributed by atoms with Gasteiger partial charge in [0.1, 0.15) is 12.4 Å². The largest absolute Gasteiger partial charge is 0.496 e. The van der Waals surface area contributed by atoms with Crippen molar-refractivity contribution in [3.05, 3.63) is 132 Å². The van der Waals surface area contributed by atoms with Gasteiger partial charge in [0.15, 0.2) is 6.29 Å². The topological polar surface area (TPSA) is 86.3 Å². The van der Waals surface area contributed by atoms with Gasteiger partial charge in [0.2, 0.25) is 0 Å². The number of rotatable bonds is 12. The van der Waals surface area contributed by atoms with Gasteiger partial charge in [0.25, 0.3) is 0 Å². The number of aliphatic hydroxyl groups excluding tert-OH is 1. The van der Waals surface area contributed by atoms with E-state index in [0.717, 1.165) is 49.8 Å². The molecule has 1 aliphatic rings. The average Bonchev–Trinajstić information content (AvgIpc) is 3.09. The smallest absolute Gasteiger partial charge is 0.407 e. The highest BCUT2D eigenvalue weighted by molar-refractivity contribution is 7.99.